The van der Waals surface area contributed by atoms with Crippen LogP contribution in [0.15, 0.2) is 86.0 Å². The Hall–Kier alpha value is -3.75. The van der Waals surface area contributed by atoms with E-state index in [1.807, 2.05) is 67.6 Å². The van der Waals surface area contributed by atoms with Crippen LogP contribution in [0.25, 0.3) is 0 Å². The van der Waals surface area contributed by atoms with Gasteiger partial charge >= 0.3 is 0 Å². The standard InChI is InChI=1S/C37H47N3O5/c1-4-23-38(27-28-17-11-9-12-18-28)35(44)32-37-22-21-36(6-3,45-37)30(31(37)34(43)40(32)25-15-7-8-16-26-41)33(42)39(24-5-2)29-19-13-10-14-20-29/h4-5,9-14,17-20,30-32,41H,1-2,6-8,15-16,21-27H2,3H3/t30-,31-,32?,36+,37?/m0/s1. The van der Waals surface area contributed by atoms with Crippen molar-refractivity contribution in [3.8, 4) is 0 Å². The minimum atomic E-state index is -1.09. The molecule has 2 aromatic rings. The largest absolute Gasteiger partial charge is 0.396 e. The molecular formula is C37H47N3O5. The number of nitrogens with zero attached hydrogens (tertiary/aromatic N) is 3. The third-order valence-electron chi connectivity index (χ3n) is 10.0. The third-order valence-corrected chi connectivity index (χ3v) is 10.0. The molecule has 2 bridgehead atoms. The van der Waals surface area contributed by atoms with Gasteiger partial charge in [0.25, 0.3) is 0 Å². The van der Waals surface area contributed by atoms with Crippen LogP contribution in [0.3, 0.4) is 0 Å². The molecule has 240 valence electrons. The van der Waals surface area contributed by atoms with Gasteiger partial charge < -0.3 is 24.5 Å². The fourth-order valence-corrected chi connectivity index (χ4v) is 7.95. The Labute approximate surface area is 267 Å². The zero-order chi connectivity index (χ0) is 32.0. The van der Waals surface area contributed by atoms with Crippen molar-refractivity contribution in [2.24, 2.45) is 11.8 Å². The van der Waals surface area contributed by atoms with Gasteiger partial charge in [0.1, 0.15) is 11.6 Å². The molecule has 3 aliphatic rings. The van der Waals surface area contributed by atoms with E-state index in [-0.39, 0.29) is 24.3 Å². The molecule has 45 heavy (non-hydrogen) atoms. The first-order valence-electron chi connectivity index (χ1n) is 16.4. The molecule has 3 heterocycles. The molecule has 8 nitrogen and oxygen atoms in total. The number of aliphatic hydroxyl groups is 1. The molecular weight excluding hydrogens is 566 g/mol. The molecule has 0 aromatic heterocycles. The van der Waals surface area contributed by atoms with Gasteiger partial charge in [0.2, 0.25) is 17.7 Å². The molecule has 1 N–H and O–H groups in total. The minimum Gasteiger partial charge on any atom is -0.396 e. The van der Waals surface area contributed by atoms with E-state index in [4.69, 9.17) is 4.74 Å². The van der Waals surface area contributed by atoms with E-state index in [1.54, 1.807) is 26.9 Å². The smallest absolute Gasteiger partial charge is 0.248 e. The van der Waals surface area contributed by atoms with Gasteiger partial charge in [0, 0.05) is 38.5 Å². The summed E-state index contributed by atoms with van der Waals surface area (Å²) < 4.78 is 7.03. The van der Waals surface area contributed by atoms with E-state index in [2.05, 4.69) is 13.2 Å². The van der Waals surface area contributed by atoms with Gasteiger partial charge in [0.15, 0.2) is 0 Å². The van der Waals surface area contributed by atoms with Crippen LogP contribution < -0.4 is 4.90 Å². The number of para-hydroxylation sites is 1. The van der Waals surface area contributed by atoms with Crippen LogP contribution in [0.5, 0.6) is 0 Å². The van der Waals surface area contributed by atoms with E-state index in [0.29, 0.717) is 58.3 Å². The molecule has 5 rings (SSSR count). The van der Waals surface area contributed by atoms with Gasteiger partial charge in [-0.25, -0.2) is 0 Å². The summed E-state index contributed by atoms with van der Waals surface area (Å²) in [6, 6.07) is 18.4. The summed E-state index contributed by atoms with van der Waals surface area (Å²) in [5.74, 6) is -1.99. The number of benzene rings is 2. The average Bonchev–Trinajstić information content (AvgIpc) is 3.67. The first-order chi connectivity index (χ1) is 21.9. The summed E-state index contributed by atoms with van der Waals surface area (Å²) >= 11 is 0. The van der Waals surface area contributed by atoms with Crippen LogP contribution in [0.1, 0.15) is 57.4 Å². The number of hydrogen-bond donors (Lipinski definition) is 1. The molecule has 5 atom stereocenters. The number of likely N-dealkylation sites (tertiary alicyclic amines) is 1. The SMILES string of the molecule is C=CCN(Cc1ccccc1)C(=O)C1N(CCCCCCO)C(=O)[C@@H]2[C@@H](C(=O)N(CC=C)c3ccccc3)[C@@]3(CC)CCC12O3. The molecule has 3 saturated heterocycles. The first-order valence-corrected chi connectivity index (χ1v) is 16.4. The number of unbranched alkanes of at least 4 members (excludes halogenated alkanes) is 3. The maximum atomic E-state index is 14.7. The Morgan fingerprint density at radius 3 is 2.27 bits per heavy atom. The quantitative estimate of drug-likeness (QED) is 0.210. The van der Waals surface area contributed by atoms with E-state index in [0.717, 1.165) is 24.1 Å². The number of carbonyl (C=O) groups is 3. The van der Waals surface area contributed by atoms with Gasteiger partial charge in [0.05, 0.1) is 17.4 Å². The van der Waals surface area contributed by atoms with Crippen molar-refractivity contribution in [3.63, 3.8) is 0 Å². The Morgan fingerprint density at radius 1 is 0.956 bits per heavy atom. The Bertz CT molecular complexity index is 1370. The van der Waals surface area contributed by atoms with Gasteiger partial charge in [-0.2, -0.15) is 0 Å². The molecule has 3 aliphatic heterocycles. The van der Waals surface area contributed by atoms with Crippen LogP contribution in [0, 0.1) is 11.8 Å². The van der Waals surface area contributed by atoms with Crippen LogP contribution in [-0.4, -0.2) is 76.1 Å². The summed E-state index contributed by atoms with van der Waals surface area (Å²) in [4.78, 5) is 49.2. The molecule has 0 aliphatic carbocycles. The number of carbonyl (C=O) groups excluding carboxylic acids is 3. The Balaban J connectivity index is 1.54. The van der Waals surface area contributed by atoms with Crippen molar-refractivity contribution in [2.45, 2.75) is 75.7 Å². The summed E-state index contributed by atoms with van der Waals surface area (Å²) in [5, 5.41) is 9.26. The molecule has 0 radical (unpaired) electrons. The highest BCUT2D eigenvalue weighted by Crippen LogP contribution is 2.64. The number of anilines is 1. The van der Waals surface area contributed by atoms with Crippen molar-refractivity contribution < 1.29 is 24.2 Å². The normalized spacial score (nSPS) is 26.5. The number of aliphatic hydroxyl groups excluding tert-OH is 1. The molecule has 8 heteroatoms. The summed E-state index contributed by atoms with van der Waals surface area (Å²) in [6.45, 7) is 11.4. The first kappa shape index (κ1) is 32.6. The number of amides is 3. The maximum absolute atomic E-state index is 14.7. The van der Waals surface area contributed by atoms with Gasteiger partial charge in [-0.15, -0.1) is 13.2 Å². The van der Waals surface area contributed by atoms with Gasteiger partial charge in [-0.05, 0) is 49.8 Å². The van der Waals surface area contributed by atoms with Crippen molar-refractivity contribution in [1.82, 2.24) is 9.80 Å². The fraction of sp³-hybridized carbons (Fsp3) is 0.486. The van der Waals surface area contributed by atoms with Crippen molar-refractivity contribution in [2.75, 3.05) is 31.1 Å². The van der Waals surface area contributed by atoms with Gasteiger partial charge in [-0.3, -0.25) is 14.4 Å². The van der Waals surface area contributed by atoms with Crippen LogP contribution in [-0.2, 0) is 25.7 Å². The molecule has 1 spiro atoms. The lowest BCUT2D eigenvalue weighted by molar-refractivity contribution is -0.153. The second-order valence-corrected chi connectivity index (χ2v) is 12.6. The highest BCUT2D eigenvalue weighted by Gasteiger charge is 2.79. The van der Waals surface area contributed by atoms with E-state index >= 15 is 0 Å². The lowest BCUT2D eigenvalue weighted by Gasteiger charge is -2.37. The number of rotatable bonds is 16. The molecule has 0 saturated carbocycles. The minimum absolute atomic E-state index is 0.129. The predicted octanol–water partition coefficient (Wildman–Crippen LogP) is 5.13. The summed E-state index contributed by atoms with van der Waals surface area (Å²) in [6.07, 6.45) is 8.19. The molecule has 2 unspecified atom stereocenters. The predicted molar refractivity (Wildman–Crippen MR) is 175 cm³/mol. The lowest BCUT2D eigenvalue weighted by atomic mass is 9.64. The van der Waals surface area contributed by atoms with Gasteiger partial charge in [-0.1, -0.05) is 80.4 Å². The molecule has 3 fully saturated rings. The Morgan fingerprint density at radius 2 is 1.62 bits per heavy atom. The number of ether oxygens (including phenoxy) is 1. The molecule has 3 amide bonds. The van der Waals surface area contributed by atoms with Crippen LogP contribution >= 0.6 is 0 Å². The topological polar surface area (TPSA) is 90.4 Å². The second kappa shape index (κ2) is 14.1. The monoisotopic (exact) mass is 613 g/mol. The molecule has 2 aromatic carbocycles. The highest BCUT2D eigenvalue weighted by molar-refractivity contribution is 6.03. The maximum Gasteiger partial charge on any atom is 0.248 e. The zero-order valence-electron chi connectivity index (χ0n) is 26.5. The van der Waals surface area contributed by atoms with Crippen LogP contribution in [0.4, 0.5) is 5.69 Å². The van der Waals surface area contributed by atoms with Crippen LogP contribution in [0.2, 0.25) is 0 Å². The average molecular weight is 614 g/mol. The van der Waals surface area contributed by atoms with Crippen molar-refractivity contribution in [1.29, 1.82) is 0 Å². The van der Waals surface area contributed by atoms with E-state index in [9.17, 15) is 19.5 Å². The fourth-order valence-electron chi connectivity index (χ4n) is 7.95. The third kappa shape index (κ3) is 5.98. The highest BCUT2D eigenvalue weighted by atomic mass is 16.5. The van der Waals surface area contributed by atoms with Crippen molar-refractivity contribution >= 4 is 23.4 Å². The second-order valence-electron chi connectivity index (χ2n) is 12.6. The zero-order valence-corrected chi connectivity index (χ0v) is 26.5. The lowest BCUT2D eigenvalue weighted by Crippen LogP contribution is -2.56. The Kier molecular flexibility index (Phi) is 10.2. The number of fused-ring (bicyclic) bond motifs is 1. The summed E-state index contributed by atoms with van der Waals surface area (Å²) in [5.41, 5.74) is -0.203. The summed E-state index contributed by atoms with van der Waals surface area (Å²) in [7, 11) is 0. The van der Waals surface area contributed by atoms with E-state index in [1.165, 1.54) is 0 Å². The van der Waals surface area contributed by atoms with Crippen molar-refractivity contribution in [3.05, 3.63) is 91.5 Å². The van der Waals surface area contributed by atoms with E-state index < -0.39 is 29.1 Å². The number of hydrogen-bond acceptors (Lipinski definition) is 5.